The molecule has 1 unspecified atom stereocenters. The number of rotatable bonds is 4. The quantitative estimate of drug-likeness (QED) is 0.931. The number of halogens is 1. The van der Waals surface area contributed by atoms with Gasteiger partial charge < -0.3 is 10.5 Å². The van der Waals surface area contributed by atoms with Gasteiger partial charge in [-0.15, -0.1) is 0 Å². The predicted molar refractivity (Wildman–Crippen MR) is 83.9 cm³/mol. The van der Waals surface area contributed by atoms with Crippen LogP contribution in [-0.4, -0.2) is 23.6 Å². The first-order valence-electron chi connectivity index (χ1n) is 6.44. The molecule has 1 heterocycles. The number of aromatic nitrogens is 2. The van der Waals surface area contributed by atoms with Gasteiger partial charge in [-0.25, -0.2) is 9.97 Å². The molecule has 2 N–H and O–H groups in total. The van der Waals surface area contributed by atoms with Crippen molar-refractivity contribution in [2.45, 2.75) is 19.8 Å². The third-order valence-corrected chi connectivity index (χ3v) is 3.73. The minimum atomic E-state index is 0.148. The molecule has 5 heteroatoms. The van der Waals surface area contributed by atoms with E-state index >= 15 is 0 Å². The van der Waals surface area contributed by atoms with Crippen molar-refractivity contribution in [3.8, 4) is 17.0 Å². The van der Waals surface area contributed by atoms with Gasteiger partial charge in [-0.2, -0.15) is 0 Å². The van der Waals surface area contributed by atoms with E-state index in [9.17, 15) is 0 Å². The molecule has 0 saturated heterocycles. The summed E-state index contributed by atoms with van der Waals surface area (Å²) in [6.07, 6.45) is 0. The third-order valence-electron chi connectivity index (χ3n) is 3.11. The van der Waals surface area contributed by atoms with Crippen molar-refractivity contribution in [1.82, 2.24) is 9.97 Å². The molecule has 0 spiro atoms. The van der Waals surface area contributed by atoms with Gasteiger partial charge in [0.25, 0.3) is 0 Å². The summed E-state index contributed by atoms with van der Waals surface area (Å²) in [6, 6.07) is 7.88. The van der Waals surface area contributed by atoms with Crippen LogP contribution in [0.2, 0.25) is 0 Å². The number of methoxy groups -OCH3 is 1. The highest BCUT2D eigenvalue weighted by atomic mass is 79.9. The zero-order valence-corrected chi connectivity index (χ0v) is 13.4. The van der Waals surface area contributed by atoms with Gasteiger partial charge in [-0.3, -0.25) is 0 Å². The minimum absolute atomic E-state index is 0.148. The molecule has 0 fully saturated rings. The van der Waals surface area contributed by atoms with Crippen molar-refractivity contribution in [2.75, 3.05) is 13.7 Å². The van der Waals surface area contributed by atoms with E-state index in [1.165, 1.54) is 0 Å². The van der Waals surface area contributed by atoms with Gasteiger partial charge >= 0.3 is 0 Å². The first-order chi connectivity index (χ1) is 9.55. The van der Waals surface area contributed by atoms with Gasteiger partial charge in [0.1, 0.15) is 11.6 Å². The summed E-state index contributed by atoms with van der Waals surface area (Å²) < 4.78 is 6.15. The van der Waals surface area contributed by atoms with Crippen LogP contribution in [0.15, 0.2) is 28.7 Å². The maximum absolute atomic E-state index is 5.70. The fourth-order valence-electron chi connectivity index (χ4n) is 1.89. The molecule has 20 heavy (non-hydrogen) atoms. The Morgan fingerprint density at radius 2 is 2.05 bits per heavy atom. The van der Waals surface area contributed by atoms with Crippen LogP contribution in [0.25, 0.3) is 11.3 Å². The highest BCUT2D eigenvalue weighted by Crippen LogP contribution is 2.30. The average molecular weight is 336 g/mol. The smallest absolute Gasteiger partial charge is 0.133 e. The van der Waals surface area contributed by atoms with Crippen LogP contribution in [0.3, 0.4) is 0 Å². The van der Waals surface area contributed by atoms with E-state index < -0.39 is 0 Å². The van der Waals surface area contributed by atoms with E-state index in [1.807, 2.05) is 38.1 Å². The topological polar surface area (TPSA) is 61.0 Å². The lowest BCUT2D eigenvalue weighted by molar-refractivity contribution is 0.412. The van der Waals surface area contributed by atoms with Crippen molar-refractivity contribution in [3.05, 3.63) is 40.3 Å². The molecule has 106 valence electrons. The SMILES string of the molecule is COc1ccc(-c2cc(C)nc(C(C)CN)n2)cc1Br. The van der Waals surface area contributed by atoms with Crippen molar-refractivity contribution >= 4 is 15.9 Å². The lowest BCUT2D eigenvalue weighted by atomic mass is 10.1. The second-order valence-electron chi connectivity index (χ2n) is 4.74. The second kappa shape index (κ2) is 6.33. The largest absolute Gasteiger partial charge is 0.496 e. The number of aryl methyl sites for hydroxylation is 1. The molecule has 2 rings (SSSR count). The summed E-state index contributed by atoms with van der Waals surface area (Å²) in [5.41, 5.74) is 8.56. The number of benzene rings is 1. The van der Waals surface area contributed by atoms with E-state index in [0.29, 0.717) is 6.54 Å². The molecule has 0 saturated carbocycles. The van der Waals surface area contributed by atoms with Crippen molar-refractivity contribution in [3.63, 3.8) is 0 Å². The molecule has 1 aromatic carbocycles. The number of hydrogen-bond donors (Lipinski definition) is 1. The van der Waals surface area contributed by atoms with Crippen LogP contribution >= 0.6 is 15.9 Å². The van der Waals surface area contributed by atoms with E-state index in [2.05, 4.69) is 25.9 Å². The van der Waals surface area contributed by atoms with E-state index in [1.54, 1.807) is 7.11 Å². The Hall–Kier alpha value is -1.46. The molecule has 0 aliphatic carbocycles. The molecule has 1 aromatic heterocycles. The van der Waals surface area contributed by atoms with Gasteiger partial charge in [0.15, 0.2) is 0 Å². The van der Waals surface area contributed by atoms with Crippen LogP contribution in [0, 0.1) is 6.92 Å². The molecule has 0 amide bonds. The van der Waals surface area contributed by atoms with Crippen molar-refractivity contribution < 1.29 is 4.74 Å². The normalized spacial score (nSPS) is 12.2. The summed E-state index contributed by atoms with van der Waals surface area (Å²) in [5.74, 6) is 1.74. The maximum atomic E-state index is 5.70. The fourth-order valence-corrected chi connectivity index (χ4v) is 2.43. The molecular weight excluding hydrogens is 318 g/mol. The summed E-state index contributed by atoms with van der Waals surface area (Å²) in [4.78, 5) is 9.08. The van der Waals surface area contributed by atoms with Gasteiger partial charge in [-0.05, 0) is 47.1 Å². The van der Waals surface area contributed by atoms with Crippen LogP contribution in [0.5, 0.6) is 5.75 Å². The second-order valence-corrected chi connectivity index (χ2v) is 5.59. The molecular formula is C15H18BrN3O. The molecule has 0 bridgehead atoms. The van der Waals surface area contributed by atoms with Crippen molar-refractivity contribution in [1.29, 1.82) is 0 Å². The maximum Gasteiger partial charge on any atom is 0.133 e. The number of nitrogens with zero attached hydrogens (tertiary/aromatic N) is 2. The molecule has 4 nitrogen and oxygen atoms in total. The first-order valence-corrected chi connectivity index (χ1v) is 7.24. The van der Waals surface area contributed by atoms with Gasteiger partial charge in [-0.1, -0.05) is 6.92 Å². The highest BCUT2D eigenvalue weighted by molar-refractivity contribution is 9.10. The number of ether oxygens (including phenoxy) is 1. The first kappa shape index (κ1) is 14.9. The lowest BCUT2D eigenvalue weighted by Gasteiger charge is -2.11. The van der Waals surface area contributed by atoms with Crippen LogP contribution in [0.4, 0.5) is 0 Å². The average Bonchev–Trinajstić information content (AvgIpc) is 2.45. The van der Waals surface area contributed by atoms with Crippen LogP contribution in [0.1, 0.15) is 24.4 Å². The van der Waals surface area contributed by atoms with Crippen LogP contribution < -0.4 is 10.5 Å². The Bertz CT molecular complexity index is 616. The van der Waals surface area contributed by atoms with Gasteiger partial charge in [0.2, 0.25) is 0 Å². The summed E-state index contributed by atoms with van der Waals surface area (Å²) >= 11 is 3.50. The zero-order valence-electron chi connectivity index (χ0n) is 11.9. The monoisotopic (exact) mass is 335 g/mol. The summed E-state index contributed by atoms with van der Waals surface area (Å²) in [5, 5.41) is 0. The molecule has 0 radical (unpaired) electrons. The number of hydrogen-bond acceptors (Lipinski definition) is 4. The zero-order chi connectivity index (χ0) is 14.7. The minimum Gasteiger partial charge on any atom is -0.496 e. The standard InChI is InChI=1S/C15H18BrN3O/c1-9(8-17)15-18-10(2)6-13(19-15)11-4-5-14(20-3)12(16)7-11/h4-7,9H,8,17H2,1-3H3. The lowest BCUT2D eigenvalue weighted by Crippen LogP contribution is -2.13. The van der Waals surface area contributed by atoms with Gasteiger partial charge in [0.05, 0.1) is 17.3 Å². The van der Waals surface area contributed by atoms with E-state index in [4.69, 9.17) is 10.5 Å². The number of nitrogens with two attached hydrogens (primary N) is 1. The summed E-state index contributed by atoms with van der Waals surface area (Å²) in [7, 11) is 1.65. The van der Waals surface area contributed by atoms with Gasteiger partial charge in [0, 0.05) is 23.7 Å². The Morgan fingerprint density at radius 1 is 1.30 bits per heavy atom. The fraction of sp³-hybridized carbons (Fsp3) is 0.333. The third kappa shape index (κ3) is 3.16. The predicted octanol–water partition coefficient (Wildman–Crippen LogP) is 3.29. The molecule has 1 atom stereocenters. The Labute approximate surface area is 127 Å². The van der Waals surface area contributed by atoms with E-state index in [0.717, 1.165) is 33.0 Å². The molecule has 0 aliphatic rings. The van der Waals surface area contributed by atoms with Crippen LogP contribution in [-0.2, 0) is 0 Å². The van der Waals surface area contributed by atoms with Crippen molar-refractivity contribution in [2.24, 2.45) is 5.73 Å². The Balaban J connectivity index is 2.47. The summed E-state index contributed by atoms with van der Waals surface area (Å²) in [6.45, 7) is 4.54. The molecule has 2 aromatic rings. The highest BCUT2D eigenvalue weighted by Gasteiger charge is 2.11. The van der Waals surface area contributed by atoms with E-state index in [-0.39, 0.29) is 5.92 Å². The Kier molecular flexibility index (Phi) is 4.73. The molecule has 0 aliphatic heterocycles. The Morgan fingerprint density at radius 3 is 2.65 bits per heavy atom.